The van der Waals surface area contributed by atoms with Crippen LogP contribution in [-0.2, 0) is 10.8 Å². The second kappa shape index (κ2) is 5.05. The van der Waals surface area contributed by atoms with E-state index in [4.69, 9.17) is 11.6 Å². The summed E-state index contributed by atoms with van der Waals surface area (Å²) in [5, 5.41) is 2.98. The van der Waals surface area contributed by atoms with Crippen LogP contribution in [0.1, 0.15) is 12.8 Å². The van der Waals surface area contributed by atoms with E-state index in [0.717, 1.165) is 19.0 Å². The Bertz CT molecular complexity index is 408. The minimum Gasteiger partial charge on any atom is -0.365 e. The van der Waals surface area contributed by atoms with Crippen molar-refractivity contribution in [3.63, 3.8) is 0 Å². The van der Waals surface area contributed by atoms with Gasteiger partial charge in [-0.15, -0.1) is 0 Å². The van der Waals surface area contributed by atoms with Crippen molar-refractivity contribution in [2.24, 2.45) is 0 Å². The fraction of sp³-hybridized carbons (Fsp3) is 0.556. The highest BCUT2D eigenvalue weighted by molar-refractivity contribution is 7.85. The Morgan fingerprint density at radius 3 is 2.88 bits per heavy atom. The molecule has 1 fully saturated rings. The van der Waals surface area contributed by atoms with E-state index in [2.05, 4.69) is 15.3 Å². The molecular weight excluding hydrogens is 253 g/mol. The zero-order valence-electron chi connectivity index (χ0n) is 8.45. The Morgan fingerprint density at radius 2 is 2.19 bits per heavy atom. The number of aromatic nitrogens is 2. The van der Waals surface area contributed by atoms with E-state index in [9.17, 15) is 8.60 Å². The molecule has 0 unspecified atom stereocenters. The third-order valence-corrected chi connectivity index (χ3v) is 4.01. The van der Waals surface area contributed by atoms with Gasteiger partial charge in [0.2, 0.25) is 5.28 Å². The lowest BCUT2D eigenvalue weighted by Gasteiger charge is -2.23. The van der Waals surface area contributed by atoms with Gasteiger partial charge in [0.15, 0.2) is 11.6 Å². The van der Waals surface area contributed by atoms with Crippen molar-refractivity contribution in [2.45, 2.75) is 18.9 Å². The van der Waals surface area contributed by atoms with Crippen LogP contribution >= 0.6 is 11.6 Å². The van der Waals surface area contributed by atoms with Gasteiger partial charge in [-0.05, 0) is 24.4 Å². The first kappa shape index (κ1) is 11.7. The van der Waals surface area contributed by atoms with E-state index < -0.39 is 16.6 Å². The molecule has 0 bridgehead atoms. The summed E-state index contributed by atoms with van der Waals surface area (Å²) in [7, 11) is -0.721. The van der Waals surface area contributed by atoms with Crippen molar-refractivity contribution in [2.75, 3.05) is 16.8 Å². The smallest absolute Gasteiger partial charge is 0.224 e. The maximum absolute atomic E-state index is 13.3. The molecule has 1 N–H and O–H groups in total. The van der Waals surface area contributed by atoms with Crippen molar-refractivity contribution in [3.8, 4) is 0 Å². The van der Waals surface area contributed by atoms with Crippen molar-refractivity contribution in [1.82, 2.24) is 9.97 Å². The Morgan fingerprint density at radius 1 is 1.50 bits per heavy atom. The van der Waals surface area contributed by atoms with Gasteiger partial charge in [-0.1, -0.05) is 0 Å². The standard InChI is InChI=1S/C9H11ClFN3OS/c10-9-12-5-7(11)8(14-9)13-6-1-3-16(15)4-2-6/h5-6H,1-4H2,(H,12,13,14). The molecule has 7 heteroatoms. The van der Waals surface area contributed by atoms with Gasteiger partial charge in [0.1, 0.15) is 0 Å². The summed E-state index contributed by atoms with van der Waals surface area (Å²) in [6.07, 6.45) is 2.56. The highest BCUT2D eigenvalue weighted by Crippen LogP contribution is 2.18. The first-order chi connectivity index (χ1) is 7.65. The van der Waals surface area contributed by atoms with Crippen molar-refractivity contribution >= 4 is 28.2 Å². The topological polar surface area (TPSA) is 54.9 Å². The predicted octanol–water partition coefficient (Wildman–Crippen LogP) is 1.59. The van der Waals surface area contributed by atoms with Crippen LogP contribution in [-0.4, -0.2) is 31.7 Å². The number of hydrogen-bond acceptors (Lipinski definition) is 4. The quantitative estimate of drug-likeness (QED) is 0.824. The van der Waals surface area contributed by atoms with E-state index in [0.29, 0.717) is 11.5 Å². The Labute approximate surface area is 100 Å². The Kier molecular flexibility index (Phi) is 3.70. The number of anilines is 1. The average Bonchev–Trinajstić information content (AvgIpc) is 2.27. The molecule has 0 atom stereocenters. The molecule has 4 nitrogen and oxygen atoms in total. The minimum absolute atomic E-state index is 0.0169. The molecule has 0 spiro atoms. The fourth-order valence-corrected chi connectivity index (χ4v) is 3.01. The van der Waals surface area contributed by atoms with Crippen LogP contribution in [0.25, 0.3) is 0 Å². The molecule has 0 radical (unpaired) electrons. The molecule has 1 aliphatic heterocycles. The van der Waals surface area contributed by atoms with E-state index in [1.165, 1.54) is 0 Å². The number of nitrogens with one attached hydrogen (secondary N) is 1. The Hall–Kier alpha value is -0.750. The van der Waals surface area contributed by atoms with Crippen LogP contribution in [0.4, 0.5) is 10.2 Å². The predicted molar refractivity (Wildman–Crippen MR) is 61.5 cm³/mol. The second-order valence-electron chi connectivity index (χ2n) is 3.60. The van der Waals surface area contributed by atoms with Crippen LogP contribution in [0.3, 0.4) is 0 Å². The monoisotopic (exact) mass is 263 g/mol. The summed E-state index contributed by atoms with van der Waals surface area (Å²) in [6.45, 7) is 0. The van der Waals surface area contributed by atoms with Crippen LogP contribution < -0.4 is 5.32 Å². The molecule has 16 heavy (non-hydrogen) atoms. The van der Waals surface area contributed by atoms with Gasteiger partial charge in [0.05, 0.1) is 6.20 Å². The number of nitrogens with zero attached hydrogens (tertiary/aromatic N) is 2. The zero-order chi connectivity index (χ0) is 11.5. The van der Waals surface area contributed by atoms with Crippen LogP contribution in [0.5, 0.6) is 0 Å². The molecule has 88 valence electrons. The van der Waals surface area contributed by atoms with E-state index >= 15 is 0 Å². The third-order valence-electron chi connectivity index (χ3n) is 2.44. The molecule has 2 rings (SSSR count). The molecule has 0 saturated carbocycles. The molecule has 2 heterocycles. The van der Waals surface area contributed by atoms with Gasteiger partial charge in [-0.3, -0.25) is 4.21 Å². The molecule has 1 aliphatic rings. The zero-order valence-corrected chi connectivity index (χ0v) is 10.0. The highest BCUT2D eigenvalue weighted by atomic mass is 35.5. The molecule has 1 saturated heterocycles. The average molecular weight is 264 g/mol. The molecule has 1 aromatic rings. The maximum Gasteiger partial charge on any atom is 0.224 e. The van der Waals surface area contributed by atoms with Crippen molar-refractivity contribution in [1.29, 1.82) is 0 Å². The largest absolute Gasteiger partial charge is 0.365 e. The van der Waals surface area contributed by atoms with Gasteiger partial charge in [-0.2, -0.15) is 4.98 Å². The summed E-state index contributed by atoms with van der Waals surface area (Å²) >= 11 is 5.58. The van der Waals surface area contributed by atoms with E-state index in [-0.39, 0.29) is 17.1 Å². The number of rotatable bonds is 2. The van der Waals surface area contributed by atoms with Crippen molar-refractivity contribution < 1.29 is 8.60 Å². The lowest BCUT2D eigenvalue weighted by Crippen LogP contribution is -2.30. The van der Waals surface area contributed by atoms with Crippen LogP contribution in [0.2, 0.25) is 5.28 Å². The first-order valence-electron chi connectivity index (χ1n) is 4.94. The summed E-state index contributed by atoms with van der Waals surface area (Å²) in [5.41, 5.74) is 0. The lowest BCUT2D eigenvalue weighted by atomic mass is 10.1. The van der Waals surface area contributed by atoms with Crippen LogP contribution in [0.15, 0.2) is 6.20 Å². The maximum atomic E-state index is 13.3. The molecule has 1 aromatic heterocycles. The summed E-state index contributed by atoms with van der Waals surface area (Å²) in [6, 6.07) is 0.109. The van der Waals surface area contributed by atoms with Gasteiger partial charge in [0.25, 0.3) is 0 Å². The molecule has 0 aromatic carbocycles. The summed E-state index contributed by atoms with van der Waals surface area (Å²) in [4.78, 5) is 7.31. The SMILES string of the molecule is O=S1CCC(Nc2nc(Cl)ncc2F)CC1. The van der Waals surface area contributed by atoms with Gasteiger partial charge in [-0.25, -0.2) is 9.37 Å². The number of halogens is 2. The Balaban J connectivity index is 2.03. The molecule has 0 aliphatic carbocycles. The van der Waals surface area contributed by atoms with Crippen molar-refractivity contribution in [3.05, 3.63) is 17.3 Å². The van der Waals surface area contributed by atoms with Gasteiger partial charge >= 0.3 is 0 Å². The fourth-order valence-electron chi connectivity index (χ4n) is 1.58. The number of hydrogen-bond donors (Lipinski definition) is 1. The van der Waals surface area contributed by atoms with Gasteiger partial charge in [0, 0.05) is 28.3 Å². The normalized spacial score (nSPS) is 25.4. The summed E-state index contributed by atoms with van der Waals surface area (Å²) < 4.78 is 24.4. The van der Waals surface area contributed by atoms with E-state index in [1.54, 1.807) is 0 Å². The summed E-state index contributed by atoms with van der Waals surface area (Å²) in [5.74, 6) is 0.907. The second-order valence-corrected chi connectivity index (χ2v) is 5.64. The van der Waals surface area contributed by atoms with Crippen LogP contribution in [0, 0.1) is 5.82 Å². The lowest BCUT2D eigenvalue weighted by molar-refractivity contribution is 0.593. The van der Waals surface area contributed by atoms with E-state index in [1.807, 2.05) is 0 Å². The first-order valence-corrected chi connectivity index (χ1v) is 6.81. The molecular formula is C9H11ClFN3OS. The highest BCUT2D eigenvalue weighted by Gasteiger charge is 2.19. The molecule has 0 amide bonds. The minimum atomic E-state index is -0.721. The van der Waals surface area contributed by atoms with Gasteiger partial charge < -0.3 is 5.32 Å². The third kappa shape index (κ3) is 2.89.